The number of aliphatic hydroxyl groups excluding tert-OH is 1. The summed E-state index contributed by atoms with van der Waals surface area (Å²) in [6, 6.07) is 2.22. The van der Waals surface area contributed by atoms with E-state index in [0.29, 0.717) is 0 Å². The maximum atomic E-state index is 12.9. The predicted molar refractivity (Wildman–Crippen MR) is 61.5 cm³/mol. The Hall–Kier alpha value is -1.89. The number of alkyl halides is 2. The quantitative estimate of drug-likeness (QED) is 0.831. The standard InChI is InChI=1S/C12H14F2O5/c1-17-8-5-6(9(15)12(16)19-3)4-7(11(13)14)10(8)18-2/h4-5,9,11,15H,1-3H3. The van der Waals surface area contributed by atoms with E-state index in [1.54, 1.807) is 0 Å². The van der Waals surface area contributed by atoms with Crippen LogP contribution in [0.1, 0.15) is 23.7 Å². The van der Waals surface area contributed by atoms with E-state index in [0.717, 1.165) is 13.2 Å². The number of carbonyl (C=O) groups is 1. The molecular weight excluding hydrogens is 262 g/mol. The van der Waals surface area contributed by atoms with Gasteiger partial charge in [-0.05, 0) is 17.7 Å². The Kier molecular flexibility index (Phi) is 5.05. The topological polar surface area (TPSA) is 65.0 Å². The zero-order chi connectivity index (χ0) is 14.6. The van der Waals surface area contributed by atoms with E-state index in [4.69, 9.17) is 9.47 Å². The molecule has 0 aliphatic carbocycles. The van der Waals surface area contributed by atoms with Crippen molar-refractivity contribution in [2.75, 3.05) is 21.3 Å². The van der Waals surface area contributed by atoms with Gasteiger partial charge in [0, 0.05) is 0 Å². The molecule has 1 aromatic carbocycles. The average molecular weight is 276 g/mol. The lowest BCUT2D eigenvalue weighted by molar-refractivity contribution is -0.150. The highest BCUT2D eigenvalue weighted by atomic mass is 19.3. The molecule has 0 amide bonds. The number of halogens is 2. The second-order valence-electron chi connectivity index (χ2n) is 3.57. The van der Waals surface area contributed by atoms with Gasteiger partial charge in [-0.15, -0.1) is 0 Å². The lowest BCUT2D eigenvalue weighted by atomic mass is 10.0. The van der Waals surface area contributed by atoms with Crippen LogP contribution in [0, 0.1) is 0 Å². The van der Waals surface area contributed by atoms with Crippen molar-refractivity contribution in [1.29, 1.82) is 0 Å². The summed E-state index contributed by atoms with van der Waals surface area (Å²) in [5.74, 6) is -1.09. The van der Waals surface area contributed by atoms with Crippen molar-refractivity contribution in [3.63, 3.8) is 0 Å². The molecule has 1 rings (SSSR count). The van der Waals surface area contributed by atoms with Gasteiger partial charge in [-0.3, -0.25) is 0 Å². The largest absolute Gasteiger partial charge is 0.493 e. The van der Waals surface area contributed by atoms with Crippen LogP contribution in [0.2, 0.25) is 0 Å². The molecule has 106 valence electrons. The minimum Gasteiger partial charge on any atom is -0.493 e. The van der Waals surface area contributed by atoms with Crippen LogP contribution in [0.3, 0.4) is 0 Å². The zero-order valence-electron chi connectivity index (χ0n) is 10.6. The fourth-order valence-electron chi connectivity index (χ4n) is 1.58. The van der Waals surface area contributed by atoms with E-state index in [2.05, 4.69) is 4.74 Å². The molecule has 0 saturated heterocycles. The number of carbonyl (C=O) groups excluding carboxylic acids is 1. The van der Waals surface area contributed by atoms with Crippen molar-refractivity contribution < 1.29 is 32.9 Å². The fourth-order valence-corrected chi connectivity index (χ4v) is 1.58. The van der Waals surface area contributed by atoms with Crippen molar-refractivity contribution in [2.45, 2.75) is 12.5 Å². The van der Waals surface area contributed by atoms with Gasteiger partial charge in [-0.1, -0.05) is 0 Å². The number of hydrogen-bond acceptors (Lipinski definition) is 5. The summed E-state index contributed by atoms with van der Waals surface area (Å²) in [7, 11) is 3.57. The first-order valence-corrected chi connectivity index (χ1v) is 5.26. The Morgan fingerprint density at radius 1 is 1.21 bits per heavy atom. The molecule has 1 aromatic rings. The molecule has 0 spiro atoms. The third-order valence-electron chi connectivity index (χ3n) is 2.51. The van der Waals surface area contributed by atoms with Crippen LogP contribution in [-0.2, 0) is 9.53 Å². The molecule has 0 aliphatic heterocycles. The fraction of sp³-hybridized carbons (Fsp3) is 0.417. The van der Waals surface area contributed by atoms with Crippen molar-refractivity contribution in [2.24, 2.45) is 0 Å². The summed E-state index contributed by atoms with van der Waals surface area (Å²) < 4.78 is 40.0. The minimum atomic E-state index is -2.84. The van der Waals surface area contributed by atoms with E-state index >= 15 is 0 Å². The highest BCUT2D eigenvalue weighted by Crippen LogP contribution is 2.39. The number of hydrogen-bond donors (Lipinski definition) is 1. The number of ether oxygens (including phenoxy) is 3. The summed E-state index contributed by atoms with van der Waals surface area (Å²) in [6.07, 6.45) is -4.50. The third kappa shape index (κ3) is 3.11. The molecule has 1 N–H and O–H groups in total. The van der Waals surface area contributed by atoms with Crippen LogP contribution in [-0.4, -0.2) is 32.4 Å². The molecule has 0 heterocycles. The first kappa shape index (κ1) is 15.2. The summed E-state index contributed by atoms with van der Waals surface area (Å²) >= 11 is 0. The van der Waals surface area contributed by atoms with Crippen molar-refractivity contribution in [1.82, 2.24) is 0 Å². The van der Waals surface area contributed by atoms with Gasteiger partial charge < -0.3 is 19.3 Å². The lowest BCUT2D eigenvalue weighted by Gasteiger charge is -2.16. The van der Waals surface area contributed by atoms with Gasteiger partial charge in [0.15, 0.2) is 17.6 Å². The molecule has 0 aromatic heterocycles. The highest BCUT2D eigenvalue weighted by Gasteiger charge is 2.25. The van der Waals surface area contributed by atoms with Gasteiger partial charge in [-0.2, -0.15) is 0 Å². The van der Waals surface area contributed by atoms with Gasteiger partial charge in [0.1, 0.15) is 0 Å². The van der Waals surface area contributed by atoms with Crippen LogP contribution < -0.4 is 9.47 Å². The Morgan fingerprint density at radius 3 is 2.26 bits per heavy atom. The summed E-state index contributed by atoms with van der Waals surface area (Å²) in [4.78, 5) is 11.2. The zero-order valence-corrected chi connectivity index (χ0v) is 10.6. The smallest absolute Gasteiger partial charge is 0.339 e. The van der Waals surface area contributed by atoms with E-state index in [9.17, 15) is 18.7 Å². The molecule has 0 fully saturated rings. The first-order chi connectivity index (χ1) is 8.96. The van der Waals surface area contributed by atoms with Gasteiger partial charge in [0.2, 0.25) is 0 Å². The lowest BCUT2D eigenvalue weighted by Crippen LogP contribution is -2.14. The number of aliphatic hydroxyl groups is 1. The first-order valence-electron chi connectivity index (χ1n) is 5.26. The Morgan fingerprint density at radius 2 is 1.84 bits per heavy atom. The maximum Gasteiger partial charge on any atom is 0.339 e. The van der Waals surface area contributed by atoms with Gasteiger partial charge in [0.25, 0.3) is 6.43 Å². The summed E-state index contributed by atoms with van der Waals surface area (Å²) in [5, 5.41) is 9.66. The Balaban J connectivity index is 3.36. The van der Waals surface area contributed by atoms with Crippen molar-refractivity contribution >= 4 is 5.97 Å². The number of methoxy groups -OCH3 is 3. The maximum absolute atomic E-state index is 12.9. The van der Waals surface area contributed by atoms with Gasteiger partial charge in [0.05, 0.1) is 26.9 Å². The van der Waals surface area contributed by atoms with Crippen molar-refractivity contribution in [3.05, 3.63) is 23.3 Å². The van der Waals surface area contributed by atoms with E-state index in [1.807, 2.05) is 0 Å². The molecule has 0 bridgehead atoms. The van der Waals surface area contributed by atoms with Gasteiger partial charge >= 0.3 is 5.97 Å². The second kappa shape index (κ2) is 6.33. The Bertz CT molecular complexity index is 462. The summed E-state index contributed by atoms with van der Waals surface area (Å²) in [5.41, 5.74) is -0.528. The molecule has 0 radical (unpaired) electrons. The molecule has 19 heavy (non-hydrogen) atoms. The number of esters is 1. The molecule has 0 saturated carbocycles. The molecule has 0 aliphatic rings. The molecule has 1 atom stereocenters. The SMILES string of the molecule is COC(=O)C(O)c1cc(OC)c(OC)c(C(F)F)c1. The number of rotatable bonds is 5. The Labute approximate surface area is 108 Å². The monoisotopic (exact) mass is 276 g/mol. The van der Waals surface area contributed by atoms with Crippen LogP contribution in [0.25, 0.3) is 0 Å². The minimum absolute atomic E-state index is 0.00162. The molecule has 1 unspecified atom stereocenters. The number of benzene rings is 1. The summed E-state index contributed by atoms with van der Waals surface area (Å²) in [6.45, 7) is 0. The van der Waals surface area contributed by atoms with E-state index in [1.165, 1.54) is 20.3 Å². The molecule has 7 heteroatoms. The van der Waals surface area contributed by atoms with Crippen molar-refractivity contribution in [3.8, 4) is 11.5 Å². The molecular formula is C12H14F2O5. The van der Waals surface area contributed by atoms with Crippen LogP contribution >= 0.6 is 0 Å². The van der Waals surface area contributed by atoms with E-state index in [-0.39, 0.29) is 17.1 Å². The molecule has 5 nitrogen and oxygen atoms in total. The van der Waals surface area contributed by atoms with Gasteiger partial charge in [-0.25, -0.2) is 13.6 Å². The third-order valence-corrected chi connectivity index (χ3v) is 2.51. The van der Waals surface area contributed by atoms with Crippen LogP contribution in [0.5, 0.6) is 11.5 Å². The second-order valence-corrected chi connectivity index (χ2v) is 3.57. The van der Waals surface area contributed by atoms with E-state index < -0.39 is 24.1 Å². The van der Waals surface area contributed by atoms with Crippen LogP contribution in [0.4, 0.5) is 8.78 Å². The normalized spacial score (nSPS) is 12.2. The van der Waals surface area contributed by atoms with Crippen LogP contribution in [0.15, 0.2) is 12.1 Å². The average Bonchev–Trinajstić information content (AvgIpc) is 2.43. The highest BCUT2D eigenvalue weighted by molar-refractivity contribution is 5.76. The predicted octanol–water partition coefficient (Wildman–Crippen LogP) is 1.85.